The van der Waals surface area contributed by atoms with Gasteiger partial charge in [0.15, 0.2) is 5.16 Å². The molecule has 2 heterocycles. The summed E-state index contributed by atoms with van der Waals surface area (Å²) in [6.07, 6.45) is 0. The van der Waals surface area contributed by atoms with Crippen LogP contribution in [0.15, 0.2) is 82.7 Å². The average Bonchev–Trinajstić information content (AvgIpc) is 3.13. The standard InChI is InChI=1S/C25H21N3O2S/c1-3-27-24(30)19-12-4-7-13-20(19)26-25(27)31-16(2)23(29)28-21-14-8-5-10-17(21)18-11-6-9-15-22(18)28/h4-16H,3H2,1-2H3. The minimum Gasteiger partial charge on any atom is -0.287 e. The van der Waals surface area contributed by atoms with Crippen molar-refractivity contribution in [3.63, 3.8) is 0 Å². The van der Waals surface area contributed by atoms with E-state index in [4.69, 9.17) is 4.98 Å². The number of nitrogens with zero attached hydrogens (tertiary/aromatic N) is 3. The first kappa shape index (κ1) is 19.6. The molecule has 0 aliphatic rings. The second kappa shape index (κ2) is 7.71. The van der Waals surface area contributed by atoms with Gasteiger partial charge in [0.2, 0.25) is 5.91 Å². The Labute approximate surface area is 183 Å². The van der Waals surface area contributed by atoms with Crippen LogP contribution in [-0.4, -0.2) is 25.3 Å². The molecule has 1 unspecified atom stereocenters. The van der Waals surface area contributed by atoms with Crippen LogP contribution in [0.5, 0.6) is 0 Å². The molecular formula is C25H21N3O2S. The van der Waals surface area contributed by atoms with Crippen molar-refractivity contribution in [3.8, 4) is 0 Å². The zero-order valence-electron chi connectivity index (χ0n) is 17.3. The van der Waals surface area contributed by atoms with E-state index in [-0.39, 0.29) is 11.5 Å². The number of aromatic nitrogens is 3. The summed E-state index contributed by atoms with van der Waals surface area (Å²) in [7, 11) is 0. The van der Waals surface area contributed by atoms with Gasteiger partial charge in [-0.15, -0.1) is 0 Å². The Morgan fingerprint density at radius 1 is 0.903 bits per heavy atom. The molecule has 0 aliphatic carbocycles. The molecule has 31 heavy (non-hydrogen) atoms. The third-order valence-corrected chi connectivity index (χ3v) is 6.65. The van der Waals surface area contributed by atoms with Crippen molar-refractivity contribution < 1.29 is 4.79 Å². The Morgan fingerprint density at radius 3 is 2.06 bits per heavy atom. The Morgan fingerprint density at radius 2 is 1.45 bits per heavy atom. The lowest BCUT2D eigenvalue weighted by molar-refractivity contribution is 0.0925. The fraction of sp³-hybridized carbons (Fsp3) is 0.160. The lowest BCUT2D eigenvalue weighted by Crippen LogP contribution is -2.26. The summed E-state index contributed by atoms with van der Waals surface area (Å²) < 4.78 is 3.43. The van der Waals surface area contributed by atoms with Gasteiger partial charge in [0.1, 0.15) is 0 Å². The van der Waals surface area contributed by atoms with Crippen LogP contribution in [0.3, 0.4) is 0 Å². The van der Waals surface area contributed by atoms with E-state index in [1.54, 1.807) is 15.2 Å². The highest BCUT2D eigenvalue weighted by atomic mass is 32.2. The Kier molecular flexibility index (Phi) is 4.87. The van der Waals surface area contributed by atoms with Crippen molar-refractivity contribution in [2.45, 2.75) is 30.8 Å². The van der Waals surface area contributed by atoms with Crippen LogP contribution >= 0.6 is 11.8 Å². The van der Waals surface area contributed by atoms with Crippen molar-refractivity contribution in [1.29, 1.82) is 0 Å². The smallest absolute Gasteiger partial charge is 0.262 e. The molecule has 0 N–H and O–H groups in total. The minimum absolute atomic E-state index is 0.0348. The normalized spacial score (nSPS) is 12.6. The summed E-state index contributed by atoms with van der Waals surface area (Å²) >= 11 is 1.33. The molecule has 0 spiro atoms. The molecule has 0 amide bonds. The largest absolute Gasteiger partial charge is 0.287 e. The third-order valence-electron chi connectivity index (χ3n) is 5.57. The van der Waals surface area contributed by atoms with Gasteiger partial charge in [-0.25, -0.2) is 4.98 Å². The average molecular weight is 428 g/mol. The van der Waals surface area contributed by atoms with Crippen molar-refractivity contribution in [2.24, 2.45) is 0 Å². The molecule has 6 heteroatoms. The number of thioether (sulfide) groups is 1. The van der Waals surface area contributed by atoms with Crippen molar-refractivity contribution in [3.05, 3.63) is 83.2 Å². The van der Waals surface area contributed by atoms with E-state index in [1.807, 2.05) is 80.6 Å². The van der Waals surface area contributed by atoms with Gasteiger partial charge in [0.05, 0.1) is 27.2 Å². The van der Waals surface area contributed by atoms with Gasteiger partial charge in [-0.3, -0.25) is 18.7 Å². The molecule has 5 aromatic rings. The Hall–Kier alpha value is -3.38. The lowest BCUT2D eigenvalue weighted by Gasteiger charge is -2.16. The fourth-order valence-corrected chi connectivity index (χ4v) is 5.08. The molecule has 5 rings (SSSR count). The first-order valence-corrected chi connectivity index (χ1v) is 11.2. The van der Waals surface area contributed by atoms with E-state index in [9.17, 15) is 9.59 Å². The van der Waals surface area contributed by atoms with Crippen LogP contribution < -0.4 is 5.56 Å². The molecule has 2 aromatic heterocycles. The van der Waals surface area contributed by atoms with Gasteiger partial charge >= 0.3 is 0 Å². The first-order chi connectivity index (χ1) is 15.1. The van der Waals surface area contributed by atoms with Crippen LogP contribution in [0, 0.1) is 0 Å². The van der Waals surface area contributed by atoms with Crippen LogP contribution in [0.4, 0.5) is 0 Å². The van der Waals surface area contributed by atoms with Crippen molar-refractivity contribution in [1.82, 2.24) is 14.1 Å². The predicted molar refractivity (Wildman–Crippen MR) is 127 cm³/mol. The molecular weight excluding hydrogens is 406 g/mol. The number of benzene rings is 3. The van der Waals surface area contributed by atoms with Gasteiger partial charge in [-0.05, 0) is 38.1 Å². The van der Waals surface area contributed by atoms with Crippen molar-refractivity contribution >= 4 is 50.4 Å². The zero-order valence-corrected chi connectivity index (χ0v) is 18.1. The number of fused-ring (bicyclic) bond motifs is 4. The van der Waals surface area contributed by atoms with Crippen LogP contribution in [0.25, 0.3) is 32.7 Å². The van der Waals surface area contributed by atoms with E-state index in [1.165, 1.54) is 11.8 Å². The second-order valence-corrected chi connectivity index (χ2v) is 8.74. The van der Waals surface area contributed by atoms with E-state index in [0.717, 1.165) is 21.8 Å². The van der Waals surface area contributed by atoms with Crippen LogP contribution in [0.1, 0.15) is 18.6 Å². The molecule has 0 radical (unpaired) electrons. The number of hydrogen-bond acceptors (Lipinski definition) is 4. The topological polar surface area (TPSA) is 56.9 Å². The number of rotatable bonds is 4. The molecule has 0 saturated heterocycles. The highest BCUT2D eigenvalue weighted by Crippen LogP contribution is 2.31. The van der Waals surface area contributed by atoms with E-state index in [2.05, 4.69) is 0 Å². The predicted octanol–water partition coefficient (Wildman–Crippen LogP) is 5.35. The van der Waals surface area contributed by atoms with Gasteiger partial charge in [0, 0.05) is 17.3 Å². The minimum atomic E-state index is -0.426. The molecule has 0 fully saturated rings. The summed E-state index contributed by atoms with van der Waals surface area (Å²) in [5, 5.41) is 2.84. The maximum absolute atomic E-state index is 13.6. The molecule has 154 valence electrons. The van der Waals surface area contributed by atoms with Gasteiger partial charge in [-0.1, -0.05) is 60.3 Å². The van der Waals surface area contributed by atoms with Gasteiger partial charge in [0.25, 0.3) is 5.56 Å². The summed E-state index contributed by atoms with van der Waals surface area (Å²) in [5.74, 6) is -0.0348. The molecule has 3 aromatic carbocycles. The molecule has 0 bridgehead atoms. The number of hydrogen-bond donors (Lipinski definition) is 0. The van der Waals surface area contributed by atoms with E-state index >= 15 is 0 Å². The van der Waals surface area contributed by atoms with Crippen molar-refractivity contribution in [2.75, 3.05) is 0 Å². The monoisotopic (exact) mass is 427 g/mol. The fourth-order valence-electron chi connectivity index (χ4n) is 4.07. The second-order valence-electron chi connectivity index (χ2n) is 7.43. The summed E-state index contributed by atoms with van der Waals surface area (Å²) in [5.41, 5.74) is 2.35. The summed E-state index contributed by atoms with van der Waals surface area (Å²) in [6, 6.07) is 23.2. The molecule has 0 saturated carbocycles. The number of para-hydroxylation sites is 3. The highest BCUT2D eigenvalue weighted by Gasteiger charge is 2.23. The van der Waals surface area contributed by atoms with Gasteiger partial charge < -0.3 is 0 Å². The maximum Gasteiger partial charge on any atom is 0.262 e. The SMILES string of the molecule is CCn1c(SC(C)C(=O)n2c3ccccc3c3ccccc32)nc2ccccc2c1=O. The molecule has 1 atom stereocenters. The zero-order chi connectivity index (χ0) is 21.5. The summed E-state index contributed by atoms with van der Waals surface area (Å²) in [6.45, 7) is 4.29. The van der Waals surface area contributed by atoms with Crippen LogP contribution in [0.2, 0.25) is 0 Å². The quantitative estimate of drug-likeness (QED) is 0.287. The third kappa shape index (κ3) is 3.15. The maximum atomic E-state index is 13.6. The first-order valence-electron chi connectivity index (χ1n) is 10.3. The van der Waals surface area contributed by atoms with Crippen LogP contribution in [-0.2, 0) is 6.54 Å². The Balaban J connectivity index is 1.60. The number of carbonyl (C=O) groups is 1. The highest BCUT2D eigenvalue weighted by molar-refractivity contribution is 8.00. The van der Waals surface area contributed by atoms with Gasteiger partial charge in [-0.2, -0.15) is 0 Å². The van der Waals surface area contributed by atoms with E-state index in [0.29, 0.717) is 22.6 Å². The summed E-state index contributed by atoms with van der Waals surface area (Å²) in [4.78, 5) is 31.2. The molecule has 5 nitrogen and oxygen atoms in total. The van der Waals surface area contributed by atoms with E-state index < -0.39 is 5.25 Å². The Bertz CT molecular complexity index is 1460. The lowest BCUT2D eigenvalue weighted by atomic mass is 10.2. The molecule has 0 aliphatic heterocycles. The number of carbonyl (C=O) groups excluding carboxylic acids is 1.